The second kappa shape index (κ2) is 4.57. The molecule has 1 rings (SSSR count). The van der Waals surface area contributed by atoms with E-state index in [9.17, 15) is 10.1 Å². The zero-order valence-corrected chi connectivity index (χ0v) is 10.6. The summed E-state index contributed by atoms with van der Waals surface area (Å²) in [5.41, 5.74) is 5.57. The zero-order valence-electron chi connectivity index (χ0n) is 10.6. The van der Waals surface area contributed by atoms with Gasteiger partial charge in [-0.05, 0) is 11.5 Å². The predicted molar refractivity (Wildman–Crippen MR) is 68.0 cm³/mol. The fraction of sp³-hybridized carbons (Fsp3) is 0.545. The maximum atomic E-state index is 10.9. The molecule has 6 heteroatoms. The molecule has 1 aromatic rings. The van der Waals surface area contributed by atoms with Crippen molar-refractivity contribution in [2.45, 2.75) is 20.8 Å². The summed E-state index contributed by atoms with van der Waals surface area (Å²) in [6.07, 6.45) is 0. The zero-order chi connectivity index (χ0) is 13.2. The van der Waals surface area contributed by atoms with Crippen LogP contribution in [-0.4, -0.2) is 23.5 Å². The third kappa shape index (κ3) is 3.58. The third-order valence-corrected chi connectivity index (χ3v) is 2.15. The fourth-order valence-corrected chi connectivity index (χ4v) is 1.67. The van der Waals surface area contributed by atoms with Crippen LogP contribution in [0.15, 0.2) is 12.1 Å². The van der Waals surface area contributed by atoms with Crippen molar-refractivity contribution in [3.63, 3.8) is 0 Å². The molecule has 0 aromatic carbocycles. The highest BCUT2D eigenvalue weighted by Gasteiger charge is 2.22. The predicted octanol–water partition coefficient (Wildman–Crippen LogP) is 2.05. The van der Waals surface area contributed by atoms with E-state index >= 15 is 0 Å². The lowest BCUT2D eigenvalue weighted by Crippen LogP contribution is -2.30. The molecule has 0 aliphatic heterocycles. The van der Waals surface area contributed by atoms with Gasteiger partial charge in [-0.15, -0.1) is 0 Å². The van der Waals surface area contributed by atoms with Crippen LogP contribution in [0.1, 0.15) is 20.8 Å². The van der Waals surface area contributed by atoms with Crippen molar-refractivity contribution < 1.29 is 4.92 Å². The van der Waals surface area contributed by atoms with E-state index in [2.05, 4.69) is 25.8 Å². The molecular formula is C11H18N4O2. The van der Waals surface area contributed by atoms with Gasteiger partial charge in [0.1, 0.15) is 5.82 Å². The van der Waals surface area contributed by atoms with Gasteiger partial charge in [-0.1, -0.05) is 20.8 Å². The molecule has 6 nitrogen and oxygen atoms in total. The lowest BCUT2D eigenvalue weighted by Gasteiger charge is -2.27. The van der Waals surface area contributed by atoms with E-state index in [0.717, 1.165) is 0 Å². The summed E-state index contributed by atoms with van der Waals surface area (Å²) in [4.78, 5) is 16.3. The molecule has 1 heterocycles. The molecule has 94 valence electrons. The van der Waals surface area contributed by atoms with Gasteiger partial charge < -0.3 is 10.6 Å². The SMILES string of the molecule is CN(CC(C)(C)C)c1nc(N)ccc1[N+](=O)[O-]. The molecule has 2 N–H and O–H groups in total. The molecule has 0 saturated heterocycles. The fourth-order valence-electron chi connectivity index (χ4n) is 1.67. The Hall–Kier alpha value is -1.85. The van der Waals surface area contributed by atoms with Crippen LogP contribution in [0.2, 0.25) is 0 Å². The Morgan fingerprint density at radius 3 is 2.53 bits per heavy atom. The van der Waals surface area contributed by atoms with E-state index in [1.165, 1.54) is 12.1 Å². The first-order chi connectivity index (χ1) is 7.70. The standard InChI is InChI=1S/C11H18N4O2/c1-11(2,3)7-14(4)10-8(15(16)17)5-6-9(12)13-10/h5-6H,7H2,1-4H3,(H2,12,13). The van der Waals surface area contributed by atoms with Gasteiger partial charge in [-0.25, -0.2) is 4.98 Å². The van der Waals surface area contributed by atoms with Crippen LogP contribution in [-0.2, 0) is 0 Å². The number of nitrogens with two attached hydrogens (primary N) is 1. The Kier molecular flexibility index (Phi) is 3.55. The molecule has 0 aliphatic carbocycles. The Labute approximate surface area is 101 Å². The number of nitrogens with zero attached hydrogens (tertiary/aromatic N) is 3. The number of nitro groups is 1. The van der Waals surface area contributed by atoms with Crippen molar-refractivity contribution in [1.29, 1.82) is 0 Å². The van der Waals surface area contributed by atoms with Crippen molar-refractivity contribution in [3.8, 4) is 0 Å². The molecule has 0 spiro atoms. The maximum absolute atomic E-state index is 10.9. The molecule has 0 unspecified atom stereocenters. The van der Waals surface area contributed by atoms with Crippen molar-refractivity contribution in [3.05, 3.63) is 22.2 Å². The van der Waals surface area contributed by atoms with E-state index in [1.807, 2.05) is 0 Å². The number of pyridine rings is 1. The van der Waals surface area contributed by atoms with Crippen LogP contribution in [0.5, 0.6) is 0 Å². The maximum Gasteiger partial charge on any atom is 0.311 e. The second-order valence-corrected chi connectivity index (χ2v) is 5.25. The van der Waals surface area contributed by atoms with E-state index in [0.29, 0.717) is 12.4 Å². The Morgan fingerprint density at radius 2 is 2.06 bits per heavy atom. The lowest BCUT2D eigenvalue weighted by molar-refractivity contribution is -0.384. The molecule has 0 fully saturated rings. The van der Waals surface area contributed by atoms with Crippen LogP contribution in [0.25, 0.3) is 0 Å². The normalized spacial score (nSPS) is 11.3. The smallest absolute Gasteiger partial charge is 0.311 e. The second-order valence-electron chi connectivity index (χ2n) is 5.25. The number of nitrogen functional groups attached to an aromatic ring is 1. The van der Waals surface area contributed by atoms with Crippen LogP contribution in [0.3, 0.4) is 0 Å². The number of hydrogen-bond donors (Lipinski definition) is 1. The molecule has 0 saturated carbocycles. The molecule has 0 aliphatic rings. The summed E-state index contributed by atoms with van der Waals surface area (Å²) in [5.74, 6) is 0.594. The quantitative estimate of drug-likeness (QED) is 0.643. The van der Waals surface area contributed by atoms with Crippen molar-refractivity contribution in [2.24, 2.45) is 5.41 Å². The van der Waals surface area contributed by atoms with Gasteiger partial charge in [0.15, 0.2) is 0 Å². The number of hydrogen-bond acceptors (Lipinski definition) is 5. The summed E-state index contributed by atoms with van der Waals surface area (Å²) in [6.45, 7) is 6.83. The largest absolute Gasteiger partial charge is 0.384 e. The summed E-state index contributed by atoms with van der Waals surface area (Å²) < 4.78 is 0. The molecule has 0 radical (unpaired) electrons. The average molecular weight is 238 g/mol. The highest BCUT2D eigenvalue weighted by Crippen LogP contribution is 2.28. The van der Waals surface area contributed by atoms with Gasteiger partial charge >= 0.3 is 5.69 Å². The van der Waals surface area contributed by atoms with Gasteiger partial charge in [0.25, 0.3) is 0 Å². The Morgan fingerprint density at radius 1 is 1.47 bits per heavy atom. The van der Waals surface area contributed by atoms with Gasteiger partial charge in [0, 0.05) is 19.7 Å². The summed E-state index contributed by atoms with van der Waals surface area (Å²) in [6, 6.07) is 2.82. The van der Waals surface area contributed by atoms with E-state index < -0.39 is 4.92 Å². The third-order valence-electron chi connectivity index (χ3n) is 2.15. The molecule has 0 bridgehead atoms. The van der Waals surface area contributed by atoms with Gasteiger partial charge in [0.2, 0.25) is 5.82 Å². The molecule has 1 aromatic heterocycles. The summed E-state index contributed by atoms with van der Waals surface area (Å²) >= 11 is 0. The van der Waals surface area contributed by atoms with Crippen LogP contribution < -0.4 is 10.6 Å². The summed E-state index contributed by atoms with van der Waals surface area (Å²) in [7, 11) is 1.78. The highest BCUT2D eigenvalue weighted by atomic mass is 16.6. The van der Waals surface area contributed by atoms with Gasteiger partial charge in [-0.3, -0.25) is 10.1 Å². The first kappa shape index (κ1) is 13.2. The minimum atomic E-state index is -0.444. The van der Waals surface area contributed by atoms with Gasteiger partial charge in [-0.2, -0.15) is 0 Å². The number of rotatable bonds is 3. The van der Waals surface area contributed by atoms with Gasteiger partial charge in [0.05, 0.1) is 4.92 Å². The van der Waals surface area contributed by atoms with Crippen molar-refractivity contribution in [2.75, 3.05) is 24.2 Å². The van der Waals surface area contributed by atoms with Crippen molar-refractivity contribution >= 4 is 17.3 Å². The molecule has 17 heavy (non-hydrogen) atoms. The first-order valence-electron chi connectivity index (χ1n) is 5.33. The topological polar surface area (TPSA) is 85.3 Å². The number of aromatic nitrogens is 1. The van der Waals surface area contributed by atoms with Crippen LogP contribution >= 0.6 is 0 Å². The Balaban J connectivity index is 3.10. The Bertz CT molecular complexity index is 426. The lowest BCUT2D eigenvalue weighted by atomic mass is 9.96. The molecule has 0 amide bonds. The number of anilines is 2. The van der Waals surface area contributed by atoms with Crippen LogP contribution in [0.4, 0.5) is 17.3 Å². The molecular weight excluding hydrogens is 220 g/mol. The van der Waals surface area contributed by atoms with Crippen LogP contribution in [0, 0.1) is 15.5 Å². The van der Waals surface area contributed by atoms with E-state index in [-0.39, 0.29) is 16.9 Å². The monoisotopic (exact) mass is 238 g/mol. The highest BCUT2D eigenvalue weighted by molar-refractivity contribution is 5.60. The first-order valence-corrected chi connectivity index (χ1v) is 5.33. The van der Waals surface area contributed by atoms with Crippen molar-refractivity contribution in [1.82, 2.24) is 4.98 Å². The molecule has 0 atom stereocenters. The average Bonchev–Trinajstić information content (AvgIpc) is 2.14. The van der Waals surface area contributed by atoms with E-state index in [4.69, 9.17) is 5.73 Å². The summed E-state index contributed by atoms with van der Waals surface area (Å²) in [5, 5.41) is 10.9. The van der Waals surface area contributed by atoms with E-state index in [1.54, 1.807) is 11.9 Å². The minimum Gasteiger partial charge on any atom is -0.384 e. The minimum absolute atomic E-state index is 0.0223.